The Bertz CT molecular complexity index is 1580. The first-order valence-corrected chi connectivity index (χ1v) is 17.5. The molecule has 0 saturated carbocycles. The molecule has 0 radical (unpaired) electrons. The molecule has 11 heteroatoms. The van der Waals surface area contributed by atoms with E-state index in [4.69, 9.17) is 9.47 Å². The van der Waals surface area contributed by atoms with Crippen LogP contribution in [0, 0.1) is 11.8 Å². The summed E-state index contributed by atoms with van der Waals surface area (Å²) in [7, 11) is 0. The van der Waals surface area contributed by atoms with Gasteiger partial charge in [0.15, 0.2) is 0 Å². The van der Waals surface area contributed by atoms with Crippen LogP contribution in [0.1, 0.15) is 62.8 Å². The number of aliphatic hydroxyl groups excluding tert-OH is 1. The second-order valence-corrected chi connectivity index (χ2v) is 13.9. The number of carbonyl (C=O) groups is 4. The molecular formula is C37H42BrN3O7. The highest BCUT2D eigenvalue weighted by Crippen LogP contribution is 2.60. The summed E-state index contributed by atoms with van der Waals surface area (Å²) in [6, 6.07) is 16.0. The van der Waals surface area contributed by atoms with Crippen molar-refractivity contribution in [3.63, 3.8) is 0 Å². The van der Waals surface area contributed by atoms with Gasteiger partial charge >= 0.3 is 5.97 Å². The van der Waals surface area contributed by atoms with Crippen molar-refractivity contribution >= 4 is 39.6 Å². The number of halogens is 1. The number of nitrogens with one attached hydrogen (secondary N) is 1. The molecule has 2 fully saturated rings. The van der Waals surface area contributed by atoms with Crippen molar-refractivity contribution < 1.29 is 33.8 Å². The van der Waals surface area contributed by atoms with Gasteiger partial charge in [0.05, 0.1) is 25.1 Å². The molecule has 3 amide bonds. The van der Waals surface area contributed by atoms with Crippen LogP contribution in [0.4, 0.5) is 0 Å². The fourth-order valence-electron chi connectivity index (χ4n) is 7.72. The number of ether oxygens (including phenoxy) is 2. The lowest BCUT2D eigenvalue weighted by Crippen LogP contribution is -2.58. The maximum absolute atomic E-state index is 15.0. The Hall–Kier alpha value is -3.80. The number of esters is 1. The number of fused-ring (bicyclic) bond motifs is 2. The van der Waals surface area contributed by atoms with Crippen molar-refractivity contribution in [2.45, 2.75) is 75.5 Å². The fourth-order valence-corrected chi connectivity index (χ4v) is 8.45. The fraction of sp³-hybridized carbons (Fsp3) is 0.459. The van der Waals surface area contributed by atoms with E-state index in [1.54, 1.807) is 11.0 Å². The molecule has 2 N–H and O–H groups in total. The van der Waals surface area contributed by atoms with E-state index in [1.165, 1.54) is 4.90 Å². The molecule has 5 bridgehead atoms. The summed E-state index contributed by atoms with van der Waals surface area (Å²) in [5, 5.41) is 13.7. The number of cyclic esters (lactones) is 1. The molecule has 2 saturated heterocycles. The lowest BCUT2D eigenvalue weighted by Gasteiger charge is -2.40. The van der Waals surface area contributed by atoms with Crippen molar-refractivity contribution in [1.82, 2.24) is 15.1 Å². The van der Waals surface area contributed by atoms with E-state index in [-0.39, 0.29) is 37.4 Å². The minimum Gasteiger partial charge on any atom is -0.455 e. The molecular weight excluding hydrogens is 678 g/mol. The minimum atomic E-state index is -1.48. The largest absolute Gasteiger partial charge is 0.455 e. The topological polar surface area (TPSA) is 125 Å². The maximum atomic E-state index is 15.0. The highest BCUT2D eigenvalue weighted by molar-refractivity contribution is 9.11. The first-order valence-electron chi connectivity index (χ1n) is 16.7. The summed E-state index contributed by atoms with van der Waals surface area (Å²) in [6.07, 6.45) is 6.10. The van der Waals surface area contributed by atoms with Gasteiger partial charge in [-0.05, 0) is 37.0 Å². The van der Waals surface area contributed by atoms with Gasteiger partial charge in [-0.1, -0.05) is 102 Å². The third-order valence-electron chi connectivity index (χ3n) is 10.0. The number of allylic oxidation sites excluding steroid dienone is 1. The van der Waals surface area contributed by atoms with Gasteiger partial charge < -0.3 is 29.7 Å². The standard InChI is InChI=1S/C37H42BrN3O7/c1-3-13-23(2)40-19-12-6-11-18-29(43)39-21-28(25-16-9-5-10-17-25)47-36(46)30-31-34(44)41(27(22-42)24-14-7-4-8-15-24)33(35(40)45)37(31)20-26(38)32(30)48-37/h4-10,12,14-17,20,23,27-28,30-33,42H,3,11,13,18-19,21-22H2,1-2H3,(H,39,43)/b12-6-/t23?,27-,28-,30-,31+,32-,33-,37+/m1/s1. The average molecular weight is 721 g/mol. The molecule has 0 aliphatic carbocycles. The SMILES string of the molecule is CCCC(C)N1C/C=C\CCC(=O)NC[C@H](c2ccccc2)OC(=O)[C@H]2[C@@H]3O[C@@]4(C=C3Br)[C@@H]2C(=O)N([C@H](CO)c2ccccc2)[C@@H]4C1=O. The molecule has 4 aliphatic rings. The van der Waals surface area contributed by atoms with Crippen LogP contribution in [0.5, 0.6) is 0 Å². The van der Waals surface area contributed by atoms with Crippen LogP contribution in [0.3, 0.4) is 0 Å². The number of nitrogens with zero attached hydrogens (tertiary/aromatic N) is 2. The number of carbonyl (C=O) groups excluding carboxylic acids is 4. The summed E-state index contributed by atoms with van der Waals surface area (Å²) in [5.41, 5.74) is -0.133. The smallest absolute Gasteiger partial charge is 0.313 e. The number of benzene rings is 2. The van der Waals surface area contributed by atoms with E-state index in [0.717, 1.165) is 12.8 Å². The first-order chi connectivity index (χ1) is 23.2. The summed E-state index contributed by atoms with van der Waals surface area (Å²) in [5.74, 6) is -3.80. The zero-order valence-electron chi connectivity index (χ0n) is 27.2. The van der Waals surface area contributed by atoms with Gasteiger partial charge in [-0.3, -0.25) is 19.2 Å². The number of amides is 3. The molecule has 254 valence electrons. The lowest BCUT2D eigenvalue weighted by molar-refractivity contribution is -0.160. The Kier molecular flexibility index (Phi) is 10.2. The van der Waals surface area contributed by atoms with Crippen LogP contribution in [0.25, 0.3) is 0 Å². The monoisotopic (exact) mass is 719 g/mol. The number of hydrogen-bond acceptors (Lipinski definition) is 7. The number of aliphatic hydroxyl groups is 1. The predicted octanol–water partition coefficient (Wildman–Crippen LogP) is 4.36. The lowest BCUT2D eigenvalue weighted by atomic mass is 9.74. The minimum absolute atomic E-state index is 0.0491. The molecule has 2 aromatic carbocycles. The van der Waals surface area contributed by atoms with E-state index in [9.17, 15) is 19.5 Å². The van der Waals surface area contributed by atoms with Crippen LogP contribution in [-0.4, -0.2) is 82.1 Å². The molecule has 2 aromatic rings. The van der Waals surface area contributed by atoms with Gasteiger partial charge in [0.1, 0.15) is 29.8 Å². The second-order valence-electron chi connectivity index (χ2n) is 13.0. The third kappa shape index (κ3) is 6.12. The molecule has 48 heavy (non-hydrogen) atoms. The summed E-state index contributed by atoms with van der Waals surface area (Å²) >= 11 is 3.61. The van der Waals surface area contributed by atoms with Gasteiger partial charge in [-0.2, -0.15) is 0 Å². The third-order valence-corrected chi connectivity index (χ3v) is 10.7. The zero-order valence-corrected chi connectivity index (χ0v) is 28.8. The van der Waals surface area contributed by atoms with E-state index >= 15 is 4.79 Å². The molecule has 10 nitrogen and oxygen atoms in total. The van der Waals surface area contributed by atoms with Crippen LogP contribution < -0.4 is 5.32 Å². The van der Waals surface area contributed by atoms with Crippen LogP contribution in [0.15, 0.2) is 83.4 Å². The van der Waals surface area contributed by atoms with Crippen LogP contribution in [-0.2, 0) is 28.7 Å². The van der Waals surface area contributed by atoms with Crippen LogP contribution >= 0.6 is 15.9 Å². The normalized spacial score (nSPS) is 31.2. The van der Waals surface area contributed by atoms with E-state index < -0.39 is 60.2 Å². The highest BCUT2D eigenvalue weighted by Gasteiger charge is 2.75. The van der Waals surface area contributed by atoms with Gasteiger partial charge in [0.2, 0.25) is 17.7 Å². The van der Waals surface area contributed by atoms with Crippen molar-refractivity contribution in [1.29, 1.82) is 0 Å². The maximum Gasteiger partial charge on any atom is 0.313 e. The van der Waals surface area contributed by atoms with Crippen molar-refractivity contribution in [2.75, 3.05) is 19.7 Å². The molecule has 8 atom stereocenters. The van der Waals surface area contributed by atoms with E-state index in [0.29, 0.717) is 22.0 Å². The summed E-state index contributed by atoms with van der Waals surface area (Å²) in [4.78, 5) is 60.2. The molecule has 4 aliphatic heterocycles. The Morgan fingerprint density at radius 1 is 1.02 bits per heavy atom. The average Bonchev–Trinajstić information content (AvgIpc) is 3.68. The predicted molar refractivity (Wildman–Crippen MR) is 181 cm³/mol. The Labute approximate surface area is 289 Å². The molecule has 6 rings (SSSR count). The van der Waals surface area contributed by atoms with Gasteiger partial charge in [-0.25, -0.2) is 0 Å². The number of hydrogen-bond donors (Lipinski definition) is 2. The highest BCUT2D eigenvalue weighted by atomic mass is 79.9. The zero-order chi connectivity index (χ0) is 34.0. The van der Waals surface area contributed by atoms with Crippen molar-refractivity contribution in [3.8, 4) is 0 Å². The second kappa shape index (κ2) is 14.4. The first kappa shape index (κ1) is 34.1. The van der Waals surface area contributed by atoms with E-state index in [2.05, 4.69) is 21.2 Å². The Balaban J connectivity index is 1.49. The molecule has 0 aromatic heterocycles. The quantitative estimate of drug-likeness (QED) is 0.322. The Morgan fingerprint density at radius 2 is 1.73 bits per heavy atom. The van der Waals surface area contributed by atoms with Gasteiger partial charge in [0, 0.05) is 23.5 Å². The number of rotatable bonds is 7. The molecule has 1 unspecified atom stereocenters. The number of likely N-dealkylation sites (tertiary alicyclic amines) is 1. The van der Waals surface area contributed by atoms with E-state index in [1.807, 2.05) is 86.7 Å². The molecule has 4 heterocycles. The molecule has 1 spiro atoms. The Morgan fingerprint density at radius 3 is 2.42 bits per heavy atom. The van der Waals surface area contributed by atoms with Crippen LogP contribution in [0.2, 0.25) is 0 Å². The van der Waals surface area contributed by atoms with Crippen molar-refractivity contribution in [2.24, 2.45) is 11.8 Å². The summed E-state index contributed by atoms with van der Waals surface area (Å²) in [6.45, 7) is 3.89. The van der Waals surface area contributed by atoms with Gasteiger partial charge in [-0.15, -0.1) is 0 Å². The summed E-state index contributed by atoms with van der Waals surface area (Å²) < 4.78 is 13.4. The van der Waals surface area contributed by atoms with Gasteiger partial charge in [0.25, 0.3) is 0 Å². The van der Waals surface area contributed by atoms with Crippen molar-refractivity contribution in [3.05, 3.63) is 94.5 Å².